The van der Waals surface area contributed by atoms with Crippen molar-refractivity contribution in [3.63, 3.8) is 0 Å². The number of nitrogens with one attached hydrogen (secondary N) is 1. The summed E-state index contributed by atoms with van der Waals surface area (Å²) in [6.45, 7) is 9.24. The molecule has 2 fully saturated rings. The Balaban J connectivity index is 1.13. The lowest BCUT2D eigenvalue weighted by atomic mass is 9.87. The van der Waals surface area contributed by atoms with Gasteiger partial charge in [0.1, 0.15) is 10.1 Å². The molecular weight excluding hydrogens is 551 g/mol. The smallest absolute Gasteiger partial charge is 0.264 e. The van der Waals surface area contributed by atoms with Gasteiger partial charge in [-0.1, -0.05) is 36.1 Å². The quantitative estimate of drug-likeness (QED) is 0.435. The summed E-state index contributed by atoms with van der Waals surface area (Å²) in [7, 11) is 0. The molecule has 2 amide bonds. The van der Waals surface area contributed by atoms with Gasteiger partial charge in [0.15, 0.2) is 11.5 Å². The number of hydrogen-bond acceptors (Lipinski definition) is 8. The first-order valence-corrected chi connectivity index (χ1v) is 14.4. The Labute approximate surface area is 240 Å². The minimum atomic E-state index is -0.657. The summed E-state index contributed by atoms with van der Waals surface area (Å²) in [6, 6.07) is 8.96. The van der Waals surface area contributed by atoms with E-state index in [1.54, 1.807) is 4.90 Å². The first kappa shape index (κ1) is 25.7. The zero-order valence-electron chi connectivity index (χ0n) is 22.1. The topological polar surface area (TPSA) is 74.3 Å². The molecule has 0 aliphatic carbocycles. The number of thioether (sulfide) groups is 1. The molecule has 0 aromatic heterocycles. The largest absolute Gasteiger partial charge is 0.454 e. The van der Waals surface area contributed by atoms with Gasteiger partial charge in [-0.2, -0.15) is 0 Å². The number of thiocarbonyl (C=S) groups is 1. The van der Waals surface area contributed by atoms with Gasteiger partial charge in [0.2, 0.25) is 6.79 Å². The van der Waals surface area contributed by atoms with E-state index in [9.17, 15) is 9.59 Å². The Morgan fingerprint density at radius 1 is 1.00 bits per heavy atom. The van der Waals surface area contributed by atoms with Crippen LogP contribution >= 0.6 is 24.0 Å². The zero-order valence-corrected chi connectivity index (χ0v) is 23.7. The first-order valence-electron chi connectivity index (χ1n) is 13.2. The molecule has 5 aliphatic heterocycles. The molecule has 40 heavy (non-hydrogen) atoms. The van der Waals surface area contributed by atoms with Crippen molar-refractivity contribution in [3.8, 4) is 11.5 Å². The number of piperazine rings is 1. The van der Waals surface area contributed by atoms with Gasteiger partial charge >= 0.3 is 0 Å². The number of rotatable bonds is 4. The maximum absolute atomic E-state index is 15.1. The number of fused-ring (bicyclic) bond motifs is 1. The van der Waals surface area contributed by atoms with Gasteiger partial charge in [-0.25, -0.2) is 4.39 Å². The van der Waals surface area contributed by atoms with Gasteiger partial charge < -0.3 is 14.8 Å². The molecule has 5 aliphatic rings. The fraction of sp³-hybridized carbons (Fsp3) is 0.345. The molecule has 2 saturated heterocycles. The average Bonchev–Trinajstić information content (AvgIpc) is 3.58. The number of amides is 2. The van der Waals surface area contributed by atoms with Crippen LogP contribution in [0.25, 0.3) is 11.1 Å². The highest BCUT2D eigenvalue weighted by molar-refractivity contribution is 8.27. The zero-order chi connectivity index (χ0) is 27.8. The standard InChI is InChI=1S/C29H27FN4O4S2/c1-29(2)12-17(14-33-7-5-32(6-8-33)13-16-3-4-21-22(9-16)38-15-37-21)19-10-18(30)11-20-23(27(36)34(29)24(19)20)25-26(35)31-28(39)40-25/h3-4,9-12H,5-8,13-15H2,1-2H3,(H,31,35,39). The van der Waals surface area contributed by atoms with Crippen LogP contribution in [0.4, 0.5) is 10.1 Å². The summed E-state index contributed by atoms with van der Waals surface area (Å²) in [5.41, 5.74) is 3.56. The number of ether oxygens (including phenoxy) is 2. The number of anilines is 1. The summed E-state index contributed by atoms with van der Waals surface area (Å²) in [5, 5.41) is 2.58. The molecule has 7 rings (SSSR count). The fourth-order valence-electron chi connectivity index (χ4n) is 6.20. The maximum Gasteiger partial charge on any atom is 0.264 e. The van der Waals surface area contributed by atoms with E-state index in [4.69, 9.17) is 21.7 Å². The number of carbonyl (C=O) groups is 2. The summed E-state index contributed by atoms with van der Waals surface area (Å²) in [4.78, 5) is 33.1. The van der Waals surface area contributed by atoms with Crippen molar-refractivity contribution in [1.29, 1.82) is 0 Å². The average molecular weight is 579 g/mol. The number of nitrogens with zero attached hydrogens (tertiary/aromatic N) is 3. The summed E-state index contributed by atoms with van der Waals surface area (Å²) in [6.07, 6.45) is 2.07. The molecule has 0 bridgehead atoms. The molecule has 0 unspecified atom stereocenters. The van der Waals surface area contributed by atoms with Crippen LogP contribution < -0.4 is 19.7 Å². The van der Waals surface area contributed by atoms with Crippen LogP contribution in [0.1, 0.15) is 30.5 Å². The van der Waals surface area contributed by atoms with Crippen LogP contribution in [0.5, 0.6) is 11.5 Å². The lowest BCUT2D eigenvalue weighted by Crippen LogP contribution is -2.49. The highest BCUT2D eigenvalue weighted by Crippen LogP contribution is 2.52. The molecular formula is C29H27FN4O4S2. The third-order valence-electron chi connectivity index (χ3n) is 7.98. The number of benzene rings is 2. The maximum atomic E-state index is 15.1. The monoisotopic (exact) mass is 578 g/mol. The molecule has 0 atom stereocenters. The van der Waals surface area contributed by atoms with E-state index >= 15 is 4.39 Å². The lowest BCUT2D eigenvalue weighted by molar-refractivity contribution is -0.116. The van der Waals surface area contributed by atoms with Crippen molar-refractivity contribution in [3.05, 3.63) is 63.8 Å². The van der Waals surface area contributed by atoms with Gasteiger partial charge in [-0.05, 0) is 49.2 Å². The Morgan fingerprint density at radius 3 is 2.42 bits per heavy atom. The second-order valence-corrected chi connectivity index (χ2v) is 12.8. The summed E-state index contributed by atoms with van der Waals surface area (Å²) >= 11 is 6.21. The number of carbonyl (C=O) groups excluding carboxylic acids is 2. The highest BCUT2D eigenvalue weighted by atomic mass is 32.2. The predicted octanol–water partition coefficient (Wildman–Crippen LogP) is 3.75. The third-order valence-corrected chi connectivity index (χ3v) is 9.21. The fourth-order valence-corrected chi connectivity index (χ4v) is 7.31. The number of halogens is 1. The van der Waals surface area contributed by atoms with Gasteiger partial charge in [0, 0.05) is 50.4 Å². The van der Waals surface area contributed by atoms with Gasteiger partial charge in [0.25, 0.3) is 11.8 Å². The Morgan fingerprint density at radius 2 is 1.70 bits per heavy atom. The molecule has 11 heteroatoms. The number of hydrogen-bond donors (Lipinski definition) is 1. The third kappa shape index (κ3) is 4.23. The minimum Gasteiger partial charge on any atom is -0.454 e. The van der Waals surface area contributed by atoms with Crippen LogP contribution in [-0.2, 0) is 16.1 Å². The van der Waals surface area contributed by atoms with E-state index in [1.807, 2.05) is 26.0 Å². The van der Waals surface area contributed by atoms with Crippen LogP contribution in [0, 0.1) is 5.82 Å². The van der Waals surface area contributed by atoms with Crippen LogP contribution in [0.2, 0.25) is 0 Å². The first-order chi connectivity index (χ1) is 19.2. The predicted molar refractivity (Wildman–Crippen MR) is 155 cm³/mol. The van der Waals surface area contributed by atoms with Crippen LogP contribution in [0.3, 0.4) is 0 Å². The van der Waals surface area contributed by atoms with Gasteiger partial charge in [0.05, 0.1) is 21.7 Å². The van der Waals surface area contributed by atoms with E-state index in [-0.39, 0.29) is 23.2 Å². The van der Waals surface area contributed by atoms with E-state index in [0.29, 0.717) is 27.7 Å². The van der Waals surface area contributed by atoms with Crippen molar-refractivity contribution in [2.75, 3.05) is 44.4 Å². The molecule has 0 spiro atoms. The van der Waals surface area contributed by atoms with E-state index in [1.165, 1.54) is 17.7 Å². The summed E-state index contributed by atoms with van der Waals surface area (Å²) < 4.78 is 26.3. The minimum absolute atomic E-state index is 0.220. The molecule has 2 aromatic carbocycles. The van der Waals surface area contributed by atoms with Crippen molar-refractivity contribution >= 4 is 56.9 Å². The highest BCUT2D eigenvalue weighted by Gasteiger charge is 2.48. The van der Waals surface area contributed by atoms with E-state index in [0.717, 1.165) is 61.6 Å². The molecule has 8 nitrogen and oxygen atoms in total. The molecule has 206 valence electrons. The Hall–Kier alpha value is -3.25. The van der Waals surface area contributed by atoms with Crippen molar-refractivity contribution in [2.24, 2.45) is 0 Å². The normalized spacial score (nSPS) is 23.5. The van der Waals surface area contributed by atoms with Gasteiger partial charge in [-0.15, -0.1) is 0 Å². The van der Waals surface area contributed by atoms with Crippen molar-refractivity contribution < 1.29 is 23.5 Å². The van der Waals surface area contributed by atoms with Crippen molar-refractivity contribution in [2.45, 2.75) is 25.9 Å². The Kier molecular flexibility index (Phi) is 6.04. The molecule has 1 N–H and O–H groups in total. The van der Waals surface area contributed by atoms with Crippen LogP contribution in [0.15, 0.2) is 41.3 Å². The SMILES string of the molecule is CC1(C)C=C(CN2CCN(Cc3ccc4c(c3)OCO4)CC2)c2cc(F)cc3c2N1C(=O)C3=C1SC(=S)NC1=O. The second-order valence-electron chi connectivity index (χ2n) is 11.1. The lowest BCUT2D eigenvalue weighted by Gasteiger charge is -2.41. The van der Waals surface area contributed by atoms with Crippen molar-refractivity contribution in [1.82, 2.24) is 15.1 Å². The second kappa shape index (κ2) is 9.41. The van der Waals surface area contributed by atoms with Gasteiger partial charge in [-0.3, -0.25) is 24.3 Å². The molecule has 0 saturated carbocycles. The Bertz CT molecular complexity index is 1560. The summed E-state index contributed by atoms with van der Waals surface area (Å²) in [5.74, 6) is 0.430. The molecule has 2 aromatic rings. The molecule has 5 heterocycles. The van der Waals surface area contributed by atoms with E-state index in [2.05, 4.69) is 27.3 Å². The van der Waals surface area contributed by atoms with Crippen LogP contribution in [-0.4, -0.2) is 71.0 Å². The molecule has 0 radical (unpaired) electrons. The van der Waals surface area contributed by atoms with E-state index < -0.39 is 17.3 Å².